The molecule has 0 aromatic heterocycles. The molecule has 0 aliphatic carbocycles. The maximum absolute atomic E-state index is 12.7. The van der Waals surface area contributed by atoms with Crippen molar-refractivity contribution in [3.8, 4) is 0 Å². The molecule has 2 N–H and O–H groups in total. The van der Waals surface area contributed by atoms with Crippen molar-refractivity contribution in [2.24, 2.45) is 0 Å². The van der Waals surface area contributed by atoms with Crippen LogP contribution >= 0.6 is 11.6 Å². The van der Waals surface area contributed by atoms with E-state index >= 15 is 0 Å². The molecule has 2 aromatic rings. The highest BCUT2D eigenvalue weighted by molar-refractivity contribution is 7.89. The molecule has 2 aromatic carbocycles. The highest BCUT2D eigenvalue weighted by Crippen LogP contribution is 2.28. The first-order valence-corrected chi connectivity index (χ1v) is 11.2. The van der Waals surface area contributed by atoms with Crippen molar-refractivity contribution in [3.05, 3.63) is 64.7 Å². The molecule has 3 rings (SSSR count). The number of nitrogens with one attached hydrogen (secondary N) is 2. The van der Waals surface area contributed by atoms with Gasteiger partial charge in [0.1, 0.15) is 4.90 Å². The molecule has 0 saturated carbocycles. The van der Waals surface area contributed by atoms with Crippen LogP contribution in [0.3, 0.4) is 0 Å². The van der Waals surface area contributed by atoms with Gasteiger partial charge in [0.05, 0.1) is 10.6 Å². The number of carbonyl (C=O) groups is 3. The summed E-state index contributed by atoms with van der Waals surface area (Å²) in [6.45, 7) is 0.106. The second kappa shape index (κ2) is 9.90. The molecule has 1 aliphatic heterocycles. The Morgan fingerprint density at radius 3 is 2.32 bits per heavy atom. The number of rotatable bonds is 6. The fraction of sp³-hybridized carbons (Fsp3) is 0.250. The van der Waals surface area contributed by atoms with E-state index in [1.54, 1.807) is 30.3 Å². The predicted octanol–water partition coefficient (Wildman–Crippen LogP) is 1.74. The van der Waals surface area contributed by atoms with Crippen LogP contribution in [0.1, 0.15) is 33.6 Å². The Morgan fingerprint density at radius 1 is 0.968 bits per heavy atom. The Labute approximate surface area is 184 Å². The third kappa shape index (κ3) is 5.60. The molecule has 0 atom stereocenters. The van der Waals surface area contributed by atoms with Crippen LogP contribution in [-0.2, 0) is 19.6 Å². The quantitative estimate of drug-likeness (QED) is 0.495. The summed E-state index contributed by atoms with van der Waals surface area (Å²) in [5.74, 6) is -2.20. The SMILES string of the molecule is O=C(COC(=O)c1ccc(Cl)c(S(=O)(=O)N2CCCC2)c1)NNC(=O)c1ccccc1. The van der Waals surface area contributed by atoms with E-state index in [9.17, 15) is 22.8 Å². The molecule has 0 spiro atoms. The molecule has 0 radical (unpaired) electrons. The normalized spacial score (nSPS) is 14.1. The van der Waals surface area contributed by atoms with Crippen LogP contribution in [-0.4, -0.2) is 50.2 Å². The summed E-state index contributed by atoms with van der Waals surface area (Å²) in [5, 5.41) is -0.00943. The molecule has 1 heterocycles. The number of carbonyl (C=O) groups excluding carboxylic acids is 3. The molecule has 164 valence electrons. The molecular weight excluding hydrogens is 446 g/mol. The van der Waals surface area contributed by atoms with Crippen LogP contribution in [0.25, 0.3) is 0 Å². The number of hydrogen-bond acceptors (Lipinski definition) is 6. The van der Waals surface area contributed by atoms with Gasteiger partial charge in [0.2, 0.25) is 10.0 Å². The smallest absolute Gasteiger partial charge is 0.338 e. The fourth-order valence-electron chi connectivity index (χ4n) is 2.93. The van der Waals surface area contributed by atoms with Crippen LogP contribution in [0.2, 0.25) is 5.02 Å². The lowest BCUT2D eigenvalue weighted by Crippen LogP contribution is -2.43. The number of hydrazine groups is 1. The minimum atomic E-state index is -3.83. The highest BCUT2D eigenvalue weighted by atomic mass is 35.5. The monoisotopic (exact) mass is 465 g/mol. The van der Waals surface area contributed by atoms with Gasteiger partial charge in [-0.2, -0.15) is 4.31 Å². The molecule has 1 fully saturated rings. The van der Waals surface area contributed by atoms with Gasteiger partial charge >= 0.3 is 5.97 Å². The molecule has 2 amide bonds. The van der Waals surface area contributed by atoms with E-state index < -0.39 is 34.4 Å². The molecule has 9 nitrogen and oxygen atoms in total. The van der Waals surface area contributed by atoms with Crippen LogP contribution in [0.15, 0.2) is 53.4 Å². The van der Waals surface area contributed by atoms with Crippen molar-refractivity contribution in [2.75, 3.05) is 19.7 Å². The standard InChI is InChI=1S/C20H20ClN3O6S/c21-16-9-8-15(12-17(16)31(28,29)24-10-4-5-11-24)20(27)30-13-18(25)22-23-19(26)14-6-2-1-3-7-14/h1-3,6-9,12H,4-5,10-11,13H2,(H,22,25)(H,23,26). The Balaban J connectivity index is 1.58. The number of nitrogens with zero attached hydrogens (tertiary/aromatic N) is 1. The number of halogens is 1. The second-order valence-electron chi connectivity index (χ2n) is 6.70. The van der Waals surface area contributed by atoms with Crippen molar-refractivity contribution in [1.82, 2.24) is 15.2 Å². The molecule has 1 aliphatic rings. The van der Waals surface area contributed by atoms with E-state index in [4.69, 9.17) is 16.3 Å². The summed E-state index contributed by atoms with van der Waals surface area (Å²) >= 11 is 6.05. The summed E-state index contributed by atoms with van der Waals surface area (Å²) in [6, 6.07) is 11.9. The van der Waals surface area contributed by atoms with Gasteiger partial charge in [0, 0.05) is 18.7 Å². The first-order chi connectivity index (χ1) is 14.8. The summed E-state index contributed by atoms with van der Waals surface area (Å²) in [7, 11) is -3.83. The summed E-state index contributed by atoms with van der Waals surface area (Å²) in [6.07, 6.45) is 1.52. The Bertz CT molecular complexity index is 1090. The van der Waals surface area contributed by atoms with E-state index in [0.717, 1.165) is 18.9 Å². The van der Waals surface area contributed by atoms with E-state index in [1.807, 2.05) is 0 Å². The molecule has 31 heavy (non-hydrogen) atoms. The zero-order chi connectivity index (χ0) is 22.4. The van der Waals surface area contributed by atoms with Crippen LogP contribution < -0.4 is 10.9 Å². The van der Waals surface area contributed by atoms with Gasteiger partial charge in [0.15, 0.2) is 6.61 Å². The third-order valence-corrected chi connectivity index (χ3v) is 6.92. The van der Waals surface area contributed by atoms with Gasteiger partial charge < -0.3 is 4.74 Å². The average Bonchev–Trinajstić information content (AvgIpc) is 3.32. The van der Waals surface area contributed by atoms with Crippen molar-refractivity contribution < 1.29 is 27.5 Å². The number of sulfonamides is 1. The lowest BCUT2D eigenvalue weighted by molar-refractivity contribution is -0.125. The lowest BCUT2D eigenvalue weighted by Gasteiger charge is -2.17. The van der Waals surface area contributed by atoms with Gasteiger partial charge in [-0.3, -0.25) is 20.4 Å². The molecule has 0 unspecified atom stereocenters. The molecule has 0 bridgehead atoms. The van der Waals surface area contributed by atoms with E-state index in [1.165, 1.54) is 16.4 Å². The van der Waals surface area contributed by atoms with Gasteiger partial charge in [-0.25, -0.2) is 13.2 Å². The second-order valence-corrected chi connectivity index (χ2v) is 9.01. The van der Waals surface area contributed by atoms with E-state index in [0.29, 0.717) is 18.7 Å². The third-order valence-electron chi connectivity index (χ3n) is 4.54. The Morgan fingerprint density at radius 2 is 1.65 bits per heavy atom. The largest absolute Gasteiger partial charge is 0.452 e. The van der Waals surface area contributed by atoms with Gasteiger partial charge in [0.25, 0.3) is 11.8 Å². The first kappa shape index (κ1) is 22.7. The summed E-state index contributed by atoms with van der Waals surface area (Å²) < 4.78 is 31.7. The van der Waals surface area contributed by atoms with Gasteiger partial charge in [-0.15, -0.1) is 0 Å². The lowest BCUT2D eigenvalue weighted by atomic mass is 10.2. The van der Waals surface area contributed by atoms with Crippen molar-refractivity contribution in [1.29, 1.82) is 0 Å². The van der Waals surface area contributed by atoms with Gasteiger partial charge in [-0.1, -0.05) is 29.8 Å². The maximum atomic E-state index is 12.7. The average molecular weight is 466 g/mol. The van der Waals surface area contributed by atoms with Crippen LogP contribution in [0.4, 0.5) is 0 Å². The number of esters is 1. The van der Waals surface area contributed by atoms with Crippen molar-refractivity contribution >= 4 is 39.4 Å². The molecule has 1 saturated heterocycles. The number of amides is 2. The van der Waals surface area contributed by atoms with Crippen LogP contribution in [0, 0.1) is 0 Å². The zero-order valence-corrected chi connectivity index (χ0v) is 17.9. The summed E-state index contributed by atoms with van der Waals surface area (Å²) in [4.78, 5) is 35.8. The van der Waals surface area contributed by atoms with Crippen molar-refractivity contribution in [3.63, 3.8) is 0 Å². The molecule has 11 heteroatoms. The topological polar surface area (TPSA) is 122 Å². The Hall–Kier alpha value is -2.95. The molecular formula is C20H20ClN3O6S. The fourth-order valence-corrected chi connectivity index (χ4v) is 4.95. The predicted molar refractivity (Wildman–Crippen MR) is 112 cm³/mol. The van der Waals surface area contributed by atoms with E-state index in [-0.39, 0.29) is 15.5 Å². The van der Waals surface area contributed by atoms with E-state index in [2.05, 4.69) is 10.9 Å². The highest BCUT2D eigenvalue weighted by Gasteiger charge is 2.30. The minimum absolute atomic E-state index is 0.00943. The zero-order valence-electron chi connectivity index (χ0n) is 16.3. The van der Waals surface area contributed by atoms with Gasteiger partial charge in [-0.05, 0) is 43.2 Å². The number of ether oxygens (including phenoxy) is 1. The number of benzene rings is 2. The number of hydrogen-bond donors (Lipinski definition) is 2. The van der Waals surface area contributed by atoms with Crippen LogP contribution in [0.5, 0.6) is 0 Å². The first-order valence-electron chi connectivity index (χ1n) is 9.40. The Kier molecular flexibility index (Phi) is 7.26. The minimum Gasteiger partial charge on any atom is -0.452 e. The van der Waals surface area contributed by atoms with Crippen molar-refractivity contribution in [2.45, 2.75) is 17.7 Å². The maximum Gasteiger partial charge on any atom is 0.338 e. The summed E-state index contributed by atoms with van der Waals surface area (Å²) in [5.41, 5.74) is 4.60.